The Hall–Kier alpha value is -2.37. The summed E-state index contributed by atoms with van der Waals surface area (Å²) in [6.45, 7) is 3.57. The van der Waals surface area contributed by atoms with Crippen LogP contribution < -0.4 is 4.74 Å². The molecule has 146 valence electrons. The zero-order valence-electron chi connectivity index (χ0n) is 14.0. The lowest BCUT2D eigenvalue weighted by Crippen LogP contribution is -2.42. The average molecular weight is 405 g/mol. The molecule has 11 heteroatoms. The van der Waals surface area contributed by atoms with Gasteiger partial charge >= 0.3 is 15.6 Å². The smallest absolute Gasteiger partial charge is 0.490 e. The molecule has 0 saturated heterocycles. The maximum Gasteiger partial charge on any atom is 0.525 e. The third-order valence-electron chi connectivity index (χ3n) is 3.79. The molecule has 0 aromatic heterocycles. The summed E-state index contributed by atoms with van der Waals surface area (Å²) in [5.74, 6) is -0.821. The van der Waals surface area contributed by atoms with E-state index in [2.05, 4.69) is 4.28 Å². The molecule has 2 aromatic carbocycles. The summed E-state index contributed by atoms with van der Waals surface area (Å²) in [6.07, 6.45) is -2.25. The first-order valence-corrected chi connectivity index (χ1v) is 9.09. The van der Waals surface area contributed by atoms with Gasteiger partial charge in [-0.1, -0.05) is 18.2 Å². The topological polar surface area (TPSA) is 93.1 Å². The SMILES string of the molecule is CC(C)Oc1ccc2c3c(cccc13)C(=O)N(OS(=O)(=O)C(F)(F)F)[C@@H]2O. The van der Waals surface area contributed by atoms with E-state index in [0.717, 1.165) is 0 Å². The van der Waals surface area contributed by atoms with E-state index in [1.165, 1.54) is 24.3 Å². The van der Waals surface area contributed by atoms with Gasteiger partial charge in [-0.05, 0) is 26.0 Å². The number of hydrogen-bond donors (Lipinski definition) is 1. The number of carbonyl (C=O) groups is 1. The number of hydroxylamine groups is 2. The van der Waals surface area contributed by atoms with Crippen molar-refractivity contribution in [2.24, 2.45) is 0 Å². The minimum atomic E-state index is -6.14. The summed E-state index contributed by atoms with van der Waals surface area (Å²) < 4.78 is 69.9. The van der Waals surface area contributed by atoms with Crippen LogP contribution in [0.3, 0.4) is 0 Å². The maximum atomic E-state index is 12.6. The van der Waals surface area contributed by atoms with Gasteiger partial charge < -0.3 is 9.84 Å². The number of halogens is 3. The fourth-order valence-electron chi connectivity index (χ4n) is 2.74. The van der Waals surface area contributed by atoms with Gasteiger partial charge in [-0.3, -0.25) is 4.79 Å². The minimum absolute atomic E-state index is 0.00804. The number of benzene rings is 2. The Balaban J connectivity index is 2.13. The van der Waals surface area contributed by atoms with Gasteiger partial charge in [0.15, 0.2) is 6.23 Å². The van der Waals surface area contributed by atoms with E-state index in [-0.39, 0.29) is 27.7 Å². The number of carbonyl (C=O) groups excluding carboxylic acids is 1. The number of hydrogen-bond acceptors (Lipinski definition) is 6. The summed E-state index contributed by atoms with van der Waals surface area (Å²) >= 11 is 0. The largest absolute Gasteiger partial charge is 0.525 e. The van der Waals surface area contributed by atoms with Crippen LogP contribution in [0.25, 0.3) is 10.8 Å². The molecule has 0 fully saturated rings. The van der Waals surface area contributed by atoms with Crippen LogP contribution in [0.2, 0.25) is 0 Å². The summed E-state index contributed by atoms with van der Waals surface area (Å²) in [6, 6.07) is 7.16. The monoisotopic (exact) mass is 405 g/mol. The van der Waals surface area contributed by atoms with E-state index in [0.29, 0.717) is 11.1 Å². The lowest BCUT2D eigenvalue weighted by molar-refractivity contribution is -0.151. The second-order valence-electron chi connectivity index (χ2n) is 6.03. The molecule has 7 nitrogen and oxygen atoms in total. The highest BCUT2D eigenvalue weighted by atomic mass is 32.2. The molecule has 0 bridgehead atoms. The zero-order valence-corrected chi connectivity index (χ0v) is 14.8. The van der Waals surface area contributed by atoms with Gasteiger partial charge in [0.05, 0.1) is 11.7 Å². The van der Waals surface area contributed by atoms with Gasteiger partial charge in [-0.2, -0.15) is 26.7 Å². The van der Waals surface area contributed by atoms with Crippen molar-refractivity contribution >= 4 is 26.8 Å². The molecule has 2 aromatic rings. The molecule has 0 unspecified atom stereocenters. The second kappa shape index (κ2) is 6.36. The zero-order chi connectivity index (χ0) is 20.1. The third kappa shape index (κ3) is 3.22. The molecule has 0 spiro atoms. The number of rotatable bonds is 4. The highest BCUT2D eigenvalue weighted by molar-refractivity contribution is 7.87. The lowest BCUT2D eigenvalue weighted by atomic mass is 9.94. The normalized spacial score (nSPS) is 17.7. The van der Waals surface area contributed by atoms with E-state index in [9.17, 15) is 31.5 Å². The molecule has 1 heterocycles. The number of ether oxygens (including phenoxy) is 1. The number of aliphatic hydroxyl groups excluding tert-OH is 1. The molecule has 1 aliphatic rings. The van der Waals surface area contributed by atoms with Crippen molar-refractivity contribution in [2.45, 2.75) is 31.7 Å². The quantitative estimate of drug-likeness (QED) is 0.787. The van der Waals surface area contributed by atoms with Crippen LogP contribution in [-0.4, -0.2) is 36.1 Å². The Labute approximate surface area is 152 Å². The molecule has 0 saturated carbocycles. The number of aliphatic hydroxyl groups is 1. The van der Waals surface area contributed by atoms with Gasteiger partial charge in [0.1, 0.15) is 5.75 Å². The summed E-state index contributed by atoms with van der Waals surface area (Å²) in [5, 5.41) is 10.8. The number of alkyl halides is 3. The molecule has 27 heavy (non-hydrogen) atoms. The molecule has 1 N–H and O–H groups in total. The van der Waals surface area contributed by atoms with Crippen LogP contribution >= 0.6 is 0 Å². The van der Waals surface area contributed by atoms with E-state index in [1.807, 2.05) is 0 Å². The van der Waals surface area contributed by atoms with Gasteiger partial charge in [0, 0.05) is 16.3 Å². The molecule has 0 aliphatic carbocycles. The fraction of sp³-hybridized carbons (Fsp3) is 0.312. The van der Waals surface area contributed by atoms with E-state index in [1.54, 1.807) is 19.9 Å². The van der Waals surface area contributed by atoms with Gasteiger partial charge in [-0.15, -0.1) is 4.28 Å². The third-order valence-corrected chi connectivity index (χ3v) is 4.71. The van der Waals surface area contributed by atoms with Crippen molar-refractivity contribution in [1.29, 1.82) is 0 Å². The highest BCUT2D eigenvalue weighted by Gasteiger charge is 2.51. The van der Waals surface area contributed by atoms with Crippen LogP contribution in [0.1, 0.15) is 36.0 Å². The molecule has 3 rings (SSSR count). The first kappa shape index (κ1) is 19.4. The minimum Gasteiger partial charge on any atom is -0.490 e. The van der Waals surface area contributed by atoms with Crippen LogP contribution in [0.5, 0.6) is 5.75 Å². The van der Waals surface area contributed by atoms with Crippen molar-refractivity contribution in [2.75, 3.05) is 0 Å². The first-order chi connectivity index (χ1) is 12.4. The van der Waals surface area contributed by atoms with Crippen molar-refractivity contribution in [1.82, 2.24) is 5.06 Å². The molecule has 1 amide bonds. The Morgan fingerprint density at radius 2 is 1.85 bits per heavy atom. The lowest BCUT2D eigenvalue weighted by Gasteiger charge is -2.32. The highest BCUT2D eigenvalue weighted by Crippen LogP contribution is 2.41. The number of amides is 1. The van der Waals surface area contributed by atoms with Crippen molar-refractivity contribution in [3.63, 3.8) is 0 Å². The second-order valence-corrected chi connectivity index (χ2v) is 7.55. The van der Waals surface area contributed by atoms with E-state index >= 15 is 0 Å². The van der Waals surface area contributed by atoms with Crippen molar-refractivity contribution in [3.05, 3.63) is 41.5 Å². The predicted molar refractivity (Wildman–Crippen MR) is 86.9 cm³/mol. The van der Waals surface area contributed by atoms with Crippen LogP contribution in [0.15, 0.2) is 30.3 Å². The number of nitrogens with zero attached hydrogens (tertiary/aromatic N) is 1. The summed E-state index contributed by atoms with van der Waals surface area (Å²) in [7, 11) is -6.14. The maximum absolute atomic E-state index is 12.6. The predicted octanol–water partition coefficient (Wildman–Crippen LogP) is 2.85. The van der Waals surface area contributed by atoms with Crippen LogP contribution in [0.4, 0.5) is 13.2 Å². The standard InChI is InChI=1S/C16H14F3NO6S/c1-8(2)25-12-7-6-11-13-9(12)4-3-5-10(13)14(21)20(15(11)22)26-27(23,24)16(17,18)19/h3-8,15,22H,1-2H3/t15-/m1/s1. The molecular weight excluding hydrogens is 391 g/mol. The fourth-order valence-corrected chi connectivity index (χ4v) is 3.18. The Morgan fingerprint density at radius 3 is 2.44 bits per heavy atom. The first-order valence-electron chi connectivity index (χ1n) is 7.69. The van der Waals surface area contributed by atoms with Crippen LogP contribution in [0, 0.1) is 0 Å². The van der Waals surface area contributed by atoms with Crippen molar-refractivity contribution in [3.8, 4) is 5.75 Å². The Kier molecular flexibility index (Phi) is 4.57. The molecule has 0 radical (unpaired) electrons. The van der Waals surface area contributed by atoms with Crippen LogP contribution in [-0.2, 0) is 14.4 Å². The van der Waals surface area contributed by atoms with Gasteiger partial charge in [0.2, 0.25) is 0 Å². The Bertz CT molecular complexity index is 1020. The van der Waals surface area contributed by atoms with E-state index in [4.69, 9.17) is 4.74 Å². The summed E-state index contributed by atoms with van der Waals surface area (Å²) in [5.41, 5.74) is -5.87. The molecular formula is C16H14F3NO6S. The average Bonchev–Trinajstić information content (AvgIpc) is 2.56. The Morgan fingerprint density at radius 1 is 1.19 bits per heavy atom. The van der Waals surface area contributed by atoms with E-state index < -0.39 is 27.8 Å². The summed E-state index contributed by atoms with van der Waals surface area (Å²) in [4.78, 5) is 12.5. The van der Waals surface area contributed by atoms with Gasteiger partial charge in [0.25, 0.3) is 5.91 Å². The van der Waals surface area contributed by atoms with Crippen molar-refractivity contribution < 1.29 is 40.5 Å². The molecule has 1 atom stereocenters. The van der Waals surface area contributed by atoms with Gasteiger partial charge in [-0.25, -0.2) is 0 Å². The molecule has 1 aliphatic heterocycles.